The van der Waals surface area contributed by atoms with Crippen molar-refractivity contribution in [1.82, 2.24) is 15.2 Å². The Labute approximate surface area is 165 Å². The number of aromatic amines is 1. The van der Waals surface area contributed by atoms with Crippen molar-refractivity contribution < 1.29 is 18.7 Å². The highest BCUT2D eigenvalue weighted by Gasteiger charge is 2.17. The average molecular weight is 395 g/mol. The Bertz CT molecular complexity index is 1140. The fraction of sp³-hybridized carbons (Fsp3) is 0.150. The molecule has 2 aromatic heterocycles. The number of H-pyrrole nitrogens is 1. The van der Waals surface area contributed by atoms with Crippen LogP contribution in [0, 0.1) is 0 Å². The molecule has 2 aromatic carbocycles. The molecule has 142 valence electrons. The van der Waals surface area contributed by atoms with E-state index in [1.54, 1.807) is 25.3 Å². The lowest BCUT2D eigenvalue weighted by atomic mass is 10.1. The van der Waals surface area contributed by atoms with Crippen LogP contribution < -0.4 is 9.47 Å². The lowest BCUT2D eigenvalue weighted by Crippen LogP contribution is -2.05. The van der Waals surface area contributed by atoms with Crippen LogP contribution in [0.5, 0.6) is 11.5 Å². The van der Waals surface area contributed by atoms with E-state index in [-0.39, 0.29) is 11.5 Å². The van der Waals surface area contributed by atoms with Crippen LogP contribution in [0.3, 0.4) is 0 Å². The molecule has 0 saturated heterocycles. The van der Waals surface area contributed by atoms with Gasteiger partial charge in [0.2, 0.25) is 0 Å². The van der Waals surface area contributed by atoms with Gasteiger partial charge in [-0.1, -0.05) is 30.0 Å². The van der Waals surface area contributed by atoms with Gasteiger partial charge in [-0.15, -0.1) is 10.2 Å². The molecule has 4 aromatic rings. The van der Waals surface area contributed by atoms with Crippen LogP contribution in [0.2, 0.25) is 0 Å². The summed E-state index contributed by atoms with van der Waals surface area (Å²) in [6.07, 6.45) is 1.83. The van der Waals surface area contributed by atoms with Gasteiger partial charge in [0.1, 0.15) is 11.5 Å². The van der Waals surface area contributed by atoms with Crippen LogP contribution in [0.25, 0.3) is 22.4 Å². The summed E-state index contributed by atoms with van der Waals surface area (Å²) >= 11 is 1.18. The molecule has 7 nitrogen and oxygen atoms in total. The molecule has 4 rings (SSSR count). The number of carbonyl (C=O) groups excluding carboxylic acids is 1. The number of para-hydroxylation sites is 1. The number of methoxy groups -OCH3 is 2. The van der Waals surface area contributed by atoms with Crippen LogP contribution in [-0.4, -0.2) is 40.9 Å². The fourth-order valence-electron chi connectivity index (χ4n) is 2.86. The molecule has 0 saturated carbocycles. The molecule has 0 radical (unpaired) electrons. The minimum atomic E-state index is -0.118. The van der Waals surface area contributed by atoms with Crippen LogP contribution in [0.1, 0.15) is 10.4 Å². The number of aromatic nitrogens is 3. The molecule has 28 heavy (non-hydrogen) atoms. The van der Waals surface area contributed by atoms with E-state index in [0.717, 1.165) is 16.5 Å². The van der Waals surface area contributed by atoms with Gasteiger partial charge in [-0.25, -0.2) is 0 Å². The number of ether oxygens (including phenoxy) is 2. The van der Waals surface area contributed by atoms with Crippen molar-refractivity contribution >= 4 is 28.4 Å². The number of ketones is 1. The minimum Gasteiger partial charge on any atom is -0.497 e. The summed E-state index contributed by atoms with van der Waals surface area (Å²) in [7, 11) is 3.08. The van der Waals surface area contributed by atoms with E-state index in [0.29, 0.717) is 28.2 Å². The van der Waals surface area contributed by atoms with Gasteiger partial charge in [-0.2, -0.15) is 0 Å². The highest BCUT2D eigenvalue weighted by Crippen LogP contribution is 2.30. The summed E-state index contributed by atoms with van der Waals surface area (Å²) in [6, 6.07) is 13.0. The third kappa shape index (κ3) is 3.46. The summed E-state index contributed by atoms with van der Waals surface area (Å²) in [6.45, 7) is 0. The van der Waals surface area contributed by atoms with Crippen molar-refractivity contribution in [2.75, 3.05) is 20.0 Å². The lowest BCUT2D eigenvalue weighted by Gasteiger charge is -2.08. The van der Waals surface area contributed by atoms with Gasteiger partial charge in [-0.05, 0) is 24.3 Å². The second kappa shape index (κ2) is 7.77. The molecule has 1 N–H and O–H groups in total. The standard InChI is InChI=1S/C20H17N3O4S/c1-25-12-7-8-18(26-2)14(9-12)17(24)11-28-20-23-22-19(27-20)15-10-21-16-6-4-3-5-13(15)16/h3-10,21H,11H2,1-2H3. The zero-order valence-corrected chi connectivity index (χ0v) is 16.1. The molecule has 2 heterocycles. The summed E-state index contributed by atoms with van der Waals surface area (Å²) in [5.41, 5.74) is 2.27. The van der Waals surface area contributed by atoms with Gasteiger partial charge in [0.15, 0.2) is 5.78 Å². The zero-order valence-electron chi connectivity index (χ0n) is 15.3. The Balaban J connectivity index is 1.50. The quantitative estimate of drug-likeness (QED) is 0.370. The molecular weight excluding hydrogens is 378 g/mol. The van der Waals surface area contributed by atoms with Gasteiger partial charge in [0, 0.05) is 17.1 Å². The Hall–Kier alpha value is -3.26. The number of nitrogens with zero attached hydrogens (tertiary/aromatic N) is 2. The molecule has 0 amide bonds. The van der Waals surface area contributed by atoms with Crippen LogP contribution in [0.15, 0.2) is 58.3 Å². The maximum absolute atomic E-state index is 12.6. The molecule has 0 spiro atoms. The number of carbonyl (C=O) groups is 1. The Morgan fingerprint density at radius 3 is 2.82 bits per heavy atom. The number of thioether (sulfide) groups is 1. The van der Waals surface area contributed by atoms with E-state index in [1.807, 2.05) is 30.5 Å². The topological polar surface area (TPSA) is 90.2 Å². The first-order chi connectivity index (χ1) is 13.7. The van der Waals surface area contributed by atoms with E-state index in [1.165, 1.54) is 18.9 Å². The largest absolute Gasteiger partial charge is 0.497 e. The highest BCUT2D eigenvalue weighted by atomic mass is 32.2. The van der Waals surface area contributed by atoms with Crippen molar-refractivity contribution in [3.05, 3.63) is 54.2 Å². The number of hydrogen-bond acceptors (Lipinski definition) is 7. The number of hydrogen-bond donors (Lipinski definition) is 1. The smallest absolute Gasteiger partial charge is 0.277 e. The summed E-state index contributed by atoms with van der Waals surface area (Å²) in [5.74, 6) is 1.52. The van der Waals surface area contributed by atoms with E-state index < -0.39 is 0 Å². The lowest BCUT2D eigenvalue weighted by molar-refractivity contribution is 0.101. The SMILES string of the molecule is COc1ccc(OC)c(C(=O)CSc2nnc(-c3c[nH]c4ccccc34)o2)c1. The van der Waals surface area contributed by atoms with Crippen LogP contribution in [-0.2, 0) is 0 Å². The molecule has 0 atom stereocenters. The second-order valence-electron chi connectivity index (χ2n) is 5.90. The zero-order chi connectivity index (χ0) is 19.5. The van der Waals surface area contributed by atoms with E-state index in [9.17, 15) is 4.79 Å². The Morgan fingerprint density at radius 1 is 1.14 bits per heavy atom. The van der Waals surface area contributed by atoms with Crippen LogP contribution >= 0.6 is 11.8 Å². The predicted molar refractivity (Wildman–Crippen MR) is 106 cm³/mol. The van der Waals surface area contributed by atoms with E-state index in [4.69, 9.17) is 13.9 Å². The van der Waals surface area contributed by atoms with Crippen molar-refractivity contribution in [2.24, 2.45) is 0 Å². The maximum atomic E-state index is 12.6. The third-order valence-electron chi connectivity index (χ3n) is 4.26. The molecule has 0 fully saturated rings. The Morgan fingerprint density at radius 2 is 2.00 bits per heavy atom. The van der Waals surface area contributed by atoms with Gasteiger partial charge in [0.25, 0.3) is 11.1 Å². The van der Waals surface area contributed by atoms with E-state index in [2.05, 4.69) is 15.2 Å². The summed E-state index contributed by atoms with van der Waals surface area (Å²) in [5, 5.41) is 9.48. The van der Waals surface area contributed by atoms with E-state index >= 15 is 0 Å². The van der Waals surface area contributed by atoms with Crippen molar-refractivity contribution in [3.8, 4) is 23.0 Å². The molecule has 0 aliphatic heterocycles. The normalized spacial score (nSPS) is 10.9. The molecule has 0 aliphatic rings. The average Bonchev–Trinajstić information content (AvgIpc) is 3.38. The first-order valence-corrected chi connectivity index (χ1v) is 9.46. The van der Waals surface area contributed by atoms with Crippen molar-refractivity contribution in [2.45, 2.75) is 5.22 Å². The fourth-order valence-corrected chi connectivity index (χ4v) is 3.51. The minimum absolute atomic E-state index is 0.118. The third-order valence-corrected chi connectivity index (χ3v) is 5.08. The monoisotopic (exact) mass is 395 g/mol. The number of rotatable bonds is 7. The molecule has 0 bridgehead atoms. The van der Waals surface area contributed by atoms with Gasteiger partial charge < -0.3 is 18.9 Å². The first-order valence-electron chi connectivity index (χ1n) is 8.47. The van der Waals surface area contributed by atoms with Gasteiger partial charge >= 0.3 is 0 Å². The molecule has 0 aliphatic carbocycles. The van der Waals surface area contributed by atoms with Crippen LogP contribution in [0.4, 0.5) is 0 Å². The predicted octanol–water partition coefficient (Wildman–Crippen LogP) is 4.21. The number of benzene rings is 2. The molecule has 8 heteroatoms. The number of Topliss-reactive ketones (excluding diaryl/α,β-unsaturated/α-hetero) is 1. The van der Waals surface area contributed by atoms with Crippen molar-refractivity contribution in [1.29, 1.82) is 0 Å². The Kier molecular flexibility index (Phi) is 5.03. The van der Waals surface area contributed by atoms with Gasteiger partial charge in [-0.3, -0.25) is 4.79 Å². The summed E-state index contributed by atoms with van der Waals surface area (Å²) < 4.78 is 16.2. The molecule has 0 unspecified atom stereocenters. The highest BCUT2D eigenvalue weighted by molar-refractivity contribution is 7.99. The van der Waals surface area contributed by atoms with Gasteiger partial charge in [0.05, 0.1) is 31.1 Å². The summed E-state index contributed by atoms with van der Waals surface area (Å²) in [4.78, 5) is 15.8. The number of nitrogens with one attached hydrogen (secondary N) is 1. The second-order valence-corrected chi connectivity index (χ2v) is 6.83. The number of fused-ring (bicyclic) bond motifs is 1. The maximum Gasteiger partial charge on any atom is 0.277 e. The van der Waals surface area contributed by atoms with Crippen molar-refractivity contribution in [3.63, 3.8) is 0 Å². The first kappa shape index (κ1) is 18.1. The molecular formula is C20H17N3O4S.